The van der Waals surface area contributed by atoms with E-state index >= 15 is 0 Å². The minimum atomic E-state index is -0.398. The molecule has 1 aliphatic rings. The molecule has 1 N–H and O–H groups in total. The SMILES string of the molecule is CC(=O)O[C@H](CCOCc1ccccc1)[C@H](C)/C=C/[C@@H]1O[C@H](CCc2ccccc2)C[C@H](O)[C@H]1C. The number of esters is 1. The average Bonchev–Trinajstić information content (AvgIpc) is 2.86. The van der Waals surface area contributed by atoms with Gasteiger partial charge >= 0.3 is 5.97 Å². The molecule has 0 saturated carbocycles. The average molecular weight is 481 g/mol. The molecule has 1 fully saturated rings. The monoisotopic (exact) mass is 480 g/mol. The Morgan fingerprint density at radius 2 is 1.77 bits per heavy atom. The number of aryl methyl sites for hydroxylation is 1. The molecule has 0 radical (unpaired) electrons. The van der Waals surface area contributed by atoms with E-state index in [0.29, 0.717) is 26.1 Å². The quantitative estimate of drug-likeness (QED) is 0.247. The summed E-state index contributed by atoms with van der Waals surface area (Å²) in [6.45, 7) is 6.54. The fraction of sp³-hybridized carbons (Fsp3) is 0.500. The predicted molar refractivity (Wildman–Crippen MR) is 138 cm³/mol. The molecule has 5 heteroatoms. The van der Waals surface area contributed by atoms with E-state index in [-0.39, 0.29) is 36.1 Å². The van der Waals surface area contributed by atoms with Gasteiger partial charge in [-0.15, -0.1) is 0 Å². The molecule has 5 nitrogen and oxygen atoms in total. The van der Waals surface area contributed by atoms with Gasteiger partial charge in [0.15, 0.2) is 0 Å². The smallest absolute Gasteiger partial charge is 0.302 e. The fourth-order valence-electron chi connectivity index (χ4n) is 4.50. The van der Waals surface area contributed by atoms with Crippen molar-refractivity contribution in [2.24, 2.45) is 11.8 Å². The lowest BCUT2D eigenvalue weighted by Gasteiger charge is -2.37. The first kappa shape index (κ1) is 27.1. The Hall–Kier alpha value is -2.47. The van der Waals surface area contributed by atoms with E-state index in [1.165, 1.54) is 12.5 Å². The second-order valence-electron chi connectivity index (χ2n) is 9.63. The highest BCUT2D eigenvalue weighted by atomic mass is 16.5. The van der Waals surface area contributed by atoms with Crippen LogP contribution in [0.1, 0.15) is 51.2 Å². The van der Waals surface area contributed by atoms with Gasteiger partial charge in [-0.05, 0) is 30.4 Å². The van der Waals surface area contributed by atoms with Crippen LogP contribution in [0.2, 0.25) is 0 Å². The molecule has 1 heterocycles. The van der Waals surface area contributed by atoms with E-state index in [4.69, 9.17) is 14.2 Å². The molecular weight excluding hydrogens is 440 g/mol. The van der Waals surface area contributed by atoms with Gasteiger partial charge in [0, 0.05) is 25.2 Å². The second-order valence-corrected chi connectivity index (χ2v) is 9.63. The first-order valence-corrected chi connectivity index (χ1v) is 12.8. The van der Waals surface area contributed by atoms with Crippen LogP contribution in [0.5, 0.6) is 0 Å². The highest BCUT2D eigenvalue weighted by molar-refractivity contribution is 5.66. The van der Waals surface area contributed by atoms with Crippen LogP contribution in [-0.4, -0.2) is 42.1 Å². The number of benzene rings is 2. The van der Waals surface area contributed by atoms with Crippen molar-refractivity contribution < 1.29 is 24.1 Å². The summed E-state index contributed by atoms with van der Waals surface area (Å²) in [6.07, 6.45) is 6.33. The summed E-state index contributed by atoms with van der Waals surface area (Å²) in [7, 11) is 0. The molecule has 3 rings (SSSR count). The minimum absolute atomic E-state index is 0.00290. The molecule has 2 aromatic carbocycles. The summed E-state index contributed by atoms with van der Waals surface area (Å²) in [5, 5.41) is 10.6. The summed E-state index contributed by atoms with van der Waals surface area (Å²) in [4.78, 5) is 11.7. The van der Waals surface area contributed by atoms with Gasteiger partial charge in [-0.25, -0.2) is 0 Å². The van der Waals surface area contributed by atoms with Gasteiger partial charge in [0.05, 0.1) is 31.5 Å². The van der Waals surface area contributed by atoms with Gasteiger partial charge < -0.3 is 19.3 Å². The van der Waals surface area contributed by atoms with E-state index in [1.54, 1.807) is 0 Å². The van der Waals surface area contributed by atoms with Gasteiger partial charge in [-0.1, -0.05) is 86.7 Å². The number of aliphatic hydroxyl groups is 1. The standard InChI is InChI=1S/C30H40O5/c1-22(29(34-24(3)31)18-19-33-21-26-12-8-5-9-13-26)14-17-30-23(2)28(32)20-27(35-30)16-15-25-10-6-4-7-11-25/h4-14,17,22-23,27-30,32H,15-16,18-21H2,1-3H3/b17-14+/t22-,23-,27-,28+,29-,30+/m1/s1. The van der Waals surface area contributed by atoms with E-state index in [9.17, 15) is 9.90 Å². The molecule has 2 aromatic rings. The third-order valence-corrected chi connectivity index (χ3v) is 6.74. The van der Waals surface area contributed by atoms with Crippen molar-refractivity contribution in [3.05, 3.63) is 83.9 Å². The normalized spacial score (nSPS) is 24.2. The zero-order chi connectivity index (χ0) is 25.0. The van der Waals surface area contributed by atoms with Crippen molar-refractivity contribution in [3.8, 4) is 0 Å². The van der Waals surface area contributed by atoms with E-state index < -0.39 is 6.10 Å². The summed E-state index contributed by atoms with van der Waals surface area (Å²) in [5.41, 5.74) is 2.40. The van der Waals surface area contributed by atoms with E-state index in [2.05, 4.69) is 18.2 Å². The van der Waals surface area contributed by atoms with Gasteiger partial charge in [0.25, 0.3) is 0 Å². The number of hydrogen-bond donors (Lipinski definition) is 1. The van der Waals surface area contributed by atoms with Gasteiger partial charge in [-0.3, -0.25) is 4.79 Å². The highest BCUT2D eigenvalue weighted by Gasteiger charge is 2.33. The van der Waals surface area contributed by atoms with Crippen LogP contribution >= 0.6 is 0 Å². The van der Waals surface area contributed by atoms with E-state index in [0.717, 1.165) is 18.4 Å². The Balaban J connectivity index is 1.52. The lowest BCUT2D eigenvalue weighted by Crippen LogP contribution is -2.42. The minimum Gasteiger partial charge on any atom is -0.462 e. The summed E-state index contributed by atoms with van der Waals surface area (Å²) in [5.74, 6) is -0.290. The van der Waals surface area contributed by atoms with Crippen LogP contribution in [0.25, 0.3) is 0 Å². The zero-order valence-electron chi connectivity index (χ0n) is 21.2. The number of carbonyl (C=O) groups is 1. The van der Waals surface area contributed by atoms with Gasteiger partial charge in [0.1, 0.15) is 6.10 Å². The topological polar surface area (TPSA) is 65.0 Å². The van der Waals surface area contributed by atoms with Gasteiger partial charge in [0.2, 0.25) is 0 Å². The number of ether oxygens (including phenoxy) is 3. The first-order valence-electron chi connectivity index (χ1n) is 12.8. The summed E-state index contributed by atoms with van der Waals surface area (Å²) in [6, 6.07) is 20.4. The Morgan fingerprint density at radius 3 is 2.43 bits per heavy atom. The van der Waals surface area contributed by atoms with E-state index in [1.807, 2.05) is 68.5 Å². The molecule has 1 aliphatic heterocycles. The van der Waals surface area contributed by atoms with Crippen molar-refractivity contribution in [3.63, 3.8) is 0 Å². The maximum absolute atomic E-state index is 11.7. The lowest BCUT2D eigenvalue weighted by molar-refractivity contribution is -0.149. The Morgan fingerprint density at radius 1 is 1.11 bits per heavy atom. The van der Waals surface area contributed by atoms with Crippen molar-refractivity contribution in [1.29, 1.82) is 0 Å². The van der Waals surface area contributed by atoms with Gasteiger partial charge in [-0.2, -0.15) is 0 Å². The number of hydrogen-bond acceptors (Lipinski definition) is 5. The zero-order valence-corrected chi connectivity index (χ0v) is 21.2. The summed E-state index contributed by atoms with van der Waals surface area (Å²) >= 11 is 0. The first-order chi connectivity index (χ1) is 16.9. The molecular formula is C30H40O5. The van der Waals surface area contributed by atoms with Crippen molar-refractivity contribution >= 4 is 5.97 Å². The van der Waals surface area contributed by atoms with Crippen LogP contribution in [0.4, 0.5) is 0 Å². The van der Waals surface area contributed by atoms with Crippen molar-refractivity contribution in [2.75, 3.05) is 6.61 Å². The van der Waals surface area contributed by atoms with Crippen LogP contribution in [0.15, 0.2) is 72.8 Å². The molecule has 190 valence electrons. The molecule has 35 heavy (non-hydrogen) atoms. The lowest BCUT2D eigenvalue weighted by atomic mass is 9.87. The van der Waals surface area contributed by atoms with Crippen LogP contribution < -0.4 is 0 Å². The van der Waals surface area contributed by atoms with Crippen molar-refractivity contribution in [1.82, 2.24) is 0 Å². The molecule has 0 bridgehead atoms. The summed E-state index contributed by atoms with van der Waals surface area (Å²) < 4.78 is 17.8. The van der Waals surface area contributed by atoms with Crippen molar-refractivity contribution in [2.45, 2.75) is 77.5 Å². The largest absolute Gasteiger partial charge is 0.462 e. The predicted octanol–water partition coefficient (Wildman–Crippen LogP) is 5.50. The van der Waals surface area contributed by atoms with Crippen LogP contribution in [0, 0.1) is 11.8 Å². The fourth-order valence-corrected chi connectivity index (χ4v) is 4.50. The Kier molecular flexibility index (Phi) is 11.0. The Bertz CT molecular complexity index is 897. The third kappa shape index (κ3) is 9.25. The second kappa shape index (κ2) is 14.2. The molecule has 0 aromatic heterocycles. The van der Waals surface area contributed by atoms with Crippen LogP contribution in [0.3, 0.4) is 0 Å². The highest BCUT2D eigenvalue weighted by Crippen LogP contribution is 2.29. The van der Waals surface area contributed by atoms with Crippen LogP contribution in [-0.2, 0) is 32.0 Å². The molecule has 1 saturated heterocycles. The number of carbonyl (C=O) groups excluding carboxylic acids is 1. The molecule has 0 amide bonds. The molecule has 0 spiro atoms. The third-order valence-electron chi connectivity index (χ3n) is 6.74. The Labute approximate surface area is 210 Å². The molecule has 0 unspecified atom stereocenters. The number of aliphatic hydroxyl groups excluding tert-OH is 1. The molecule has 6 atom stereocenters. The number of rotatable bonds is 12. The maximum atomic E-state index is 11.7. The maximum Gasteiger partial charge on any atom is 0.302 e. The molecule has 0 aliphatic carbocycles.